The van der Waals surface area contributed by atoms with Crippen LogP contribution in [0.4, 0.5) is 0 Å². The Kier molecular flexibility index (Phi) is 6.33. The number of carbonyl (C=O) groups excluding carboxylic acids is 1. The molecule has 0 bridgehead atoms. The minimum absolute atomic E-state index is 0.0891. The standard InChI is InChI=1S/C21H23N3O5/c1-13-7-5-6-8-17(13)28-14(2)21(25)22-12-19-23-20(24-29-19)16-10-9-15(26-3)11-18(16)27-4/h5-11,14H,12H2,1-4H3,(H,22,25)/t14-/m0/s1. The van der Waals surface area contributed by atoms with Crippen molar-refractivity contribution >= 4 is 5.91 Å². The predicted molar refractivity (Wildman–Crippen MR) is 106 cm³/mol. The van der Waals surface area contributed by atoms with Gasteiger partial charge in [0, 0.05) is 6.07 Å². The highest BCUT2D eigenvalue weighted by Gasteiger charge is 2.18. The molecule has 3 aromatic rings. The molecule has 0 fully saturated rings. The monoisotopic (exact) mass is 397 g/mol. The highest BCUT2D eigenvalue weighted by atomic mass is 16.5. The fourth-order valence-corrected chi connectivity index (χ4v) is 2.66. The Hall–Kier alpha value is -3.55. The number of nitrogens with one attached hydrogen (secondary N) is 1. The number of benzene rings is 2. The molecule has 0 aliphatic heterocycles. The van der Waals surface area contributed by atoms with Crippen LogP contribution in [-0.2, 0) is 11.3 Å². The highest BCUT2D eigenvalue weighted by Crippen LogP contribution is 2.31. The van der Waals surface area contributed by atoms with Crippen molar-refractivity contribution in [1.82, 2.24) is 15.5 Å². The van der Waals surface area contributed by atoms with E-state index in [1.165, 1.54) is 0 Å². The molecule has 0 aliphatic rings. The van der Waals surface area contributed by atoms with Crippen molar-refractivity contribution < 1.29 is 23.5 Å². The summed E-state index contributed by atoms with van der Waals surface area (Å²) in [4.78, 5) is 16.6. The Labute approximate surface area is 168 Å². The smallest absolute Gasteiger partial charge is 0.261 e. The van der Waals surface area contributed by atoms with Gasteiger partial charge in [0.2, 0.25) is 11.7 Å². The van der Waals surface area contributed by atoms with Crippen LogP contribution in [0.25, 0.3) is 11.4 Å². The summed E-state index contributed by atoms with van der Waals surface area (Å²) in [7, 11) is 3.13. The number of rotatable bonds is 8. The van der Waals surface area contributed by atoms with Crippen LogP contribution >= 0.6 is 0 Å². The highest BCUT2D eigenvalue weighted by molar-refractivity contribution is 5.80. The van der Waals surface area contributed by atoms with Crippen molar-refractivity contribution in [3.8, 4) is 28.6 Å². The second-order valence-corrected chi connectivity index (χ2v) is 6.32. The lowest BCUT2D eigenvalue weighted by Crippen LogP contribution is -2.36. The van der Waals surface area contributed by atoms with E-state index in [1.54, 1.807) is 39.3 Å². The Bertz CT molecular complexity index is 986. The zero-order valence-corrected chi connectivity index (χ0v) is 16.8. The first-order valence-electron chi connectivity index (χ1n) is 9.06. The first-order valence-corrected chi connectivity index (χ1v) is 9.06. The quantitative estimate of drug-likeness (QED) is 0.624. The van der Waals surface area contributed by atoms with E-state index < -0.39 is 6.10 Å². The molecule has 1 amide bonds. The van der Waals surface area contributed by atoms with Crippen LogP contribution in [-0.4, -0.2) is 36.4 Å². The summed E-state index contributed by atoms with van der Waals surface area (Å²) in [6, 6.07) is 12.8. The van der Waals surface area contributed by atoms with E-state index in [1.807, 2.05) is 31.2 Å². The van der Waals surface area contributed by atoms with E-state index in [2.05, 4.69) is 15.5 Å². The fraction of sp³-hybridized carbons (Fsp3) is 0.286. The third kappa shape index (κ3) is 4.84. The van der Waals surface area contributed by atoms with Gasteiger partial charge in [0.1, 0.15) is 17.2 Å². The van der Waals surface area contributed by atoms with Crippen molar-refractivity contribution in [2.45, 2.75) is 26.5 Å². The molecule has 0 saturated carbocycles. The summed E-state index contributed by atoms with van der Waals surface area (Å²) in [6.07, 6.45) is -0.667. The second kappa shape index (κ2) is 9.09. The van der Waals surface area contributed by atoms with Gasteiger partial charge in [0.25, 0.3) is 5.91 Å². The van der Waals surface area contributed by atoms with Crippen molar-refractivity contribution in [2.75, 3.05) is 14.2 Å². The summed E-state index contributed by atoms with van der Waals surface area (Å²) in [5.74, 6) is 2.23. The van der Waals surface area contributed by atoms with Crippen molar-refractivity contribution in [1.29, 1.82) is 0 Å². The zero-order chi connectivity index (χ0) is 20.8. The van der Waals surface area contributed by atoms with Gasteiger partial charge in [-0.15, -0.1) is 0 Å². The molecular formula is C21H23N3O5. The molecule has 2 aromatic carbocycles. The molecular weight excluding hydrogens is 374 g/mol. The summed E-state index contributed by atoms with van der Waals surface area (Å²) >= 11 is 0. The Morgan fingerprint density at radius 2 is 1.93 bits per heavy atom. The van der Waals surface area contributed by atoms with E-state index in [0.29, 0.717) is 28.6 Å². The SMILES string of the molecule is COc1ccc(-c2noc(CNC(=O)[C@H](C)Oc3ccccc3C)n2)c(OC)c1. The molecule has 29 heavy (non-hydrogen) atoms. The van der Waals surface area contributed by atoms with Crippen LogP contribution in [0.1, 0.15) is 18.4 Å². The third-order valence-electron chi connectivity index (χ3n) is 4.30. The van der Waals surface area contributed by atoms with E-state index in [-0.39, 0.29) is 18.3 Å². The number of nitrogens with zero attached hydrogens (tertiary/aromatic N) is 2. The Balaban J connectivity index is 1.62. The van der Waals surface area contributed by atoms with Crippen molar-refractivity contribution in [2.24, 2.45) is 0 Å². The van der Waals surface area contributed by atoms with Gasteiger partial charge in [-0.05, 0) is 37.6 Å². The molecule has 8 nitrogen and oxygen atoms in total. The van der Waals surface area contributed by atoms with Gasteiger partial charge in [-0.25, -0.2) is 0 Å². The number of aromatic nitrogens is 2. The van der Waals surface area contributed by atoms with Gasteiger partial charge in [0.05, 0.1) is 26.3 Å². The number of amides is 1. The molecule has 152 valence electrons. The number of hydrogen-bond acceptors (Lipinski definition) is 7. The van der Waals surface area contributed by atoms with Crippen LogP contribution < -0.4 is 19.5 Å². The molecule has 1 atom stereocenters. The van der Waals surface area contributed by atoms with Gasteiger partial charge in [-0.1, -0.05) is 23.4 Å². The first-order chi connectivity index (χ1) is 14.0. The Morgan fingerprint density at radius 1 is 1.14 bits per heavy atom. The molecule has 0 radical (unpaired) electrons. The third-order valence-corrected chi connectivity index (χ3v) is 4.30. The lowest BCUT2D eigenvalue weighted by Gasteiger charge is -2.15. The minimum Gasteiger partial charge on any atom is -0.497 e. The largest absolute Gasteiger partial charge is 0.497 e. The van der Waals surface area contributed by atoms with Crippen molar-refractivity contribution in [3.63, 3.8) is 0 Å². The maximum Gasteiger partial charge on any atom is 0.261 e. The molecule has 0 aliphatic carbocycles. The van der Waals surface area contributed by atoms with Crippen LogP contribution in [0.3, 0.4) is 0 Å². The molecule has 0 saturated heterocycles. The molecule has 1 N–H and O–H groups in total. The maximum absolute atomic E-state index is 12.3. The van der Waals surface area contributed by atoms with Gasteiger partial charge in [-0.3, -0.25) is 4.79 Å². The van der Waals surface area contributed by atoms with Crippen LogP contribution in [0.2, 0.25) is 0 Å². The van der Waals surface area contributed by atoms with Crippen molar-refractivity contribution in [3.05, 3.63) is 53.9 Å². The molecule has 0 spiro atoms. The number of aryl methyl sites for hydroxylation is 1. The summed E-state index contributed by atoms with van der Waals surface area (Å²) in [6.45, 7) is 3.70. The second-order valence-electron chi connectivity index (χ2n) is 6.32. The Morgan fingerprint density at radius 3 is 2.66 bits per heavy atom. The zero-order valence-electron chi connectivity index (χ0n) is 16.8. The van der Waals surface area contributed by atoms with Gasteiger partial charge in [-0.2, -0.15) is 4.98 Å². The van der Waals surface area contributed by atoms with Crippen LogP contribution in [0.5, 0.6) is 17.2 Å². The number of methoxy groups -OCH3 is 2. The number of para-hydroxylation sites is 1. The molecule has 1 heterocycles. The van der Waals surface area contributed by atoms with Gasteiger partial charge >= 0.3 is 0 Å². The number of carbonyl (C=O) groups is 1. The normalized spacial score (nSPS) is 11.6. The molecule has 0 unspecified atom stereocenters. The van der Waals surface area contributed by atoms with E-state index in [0.717, 1.165) is 5.56 Å². The van der Waals surface area contributed by atoms with Crippen LogP contribution in [0.15, 0.2) is 47.0 Å². The number of ether oxygens (including phenoxy) is 3. The van der Waals surface area contributed by atoms with E-state index >= 15 is 0 Å². The first kappa shape index (κ1) is 20.2. The topological polar surface area (TPSA) is 95.7 Å². The van der Waals surface area contributed by atoms with E-state index in [4.69, 9.17) is 18.7 Å². The average Bonchev–Trinajstić information content (AvgIpc) is 3.21. The summed E-state index contributed by atoms with van der Waals surface area (Å²) < 4.78 is 21.5. The van der Waals surface area contributed by atoms with Gasteiger partial charge < -0.3 is 24.1 Å². The predicted octanol–water partition coefficient (Wildman–Crippen LogP) is 3.15. The molecule has 8 heteroatoms. The van der Waals surface area contributed by atoms with E-state index in [9.17, 15) is 4.79 Å². The fourth-order valence-electron chi connectivity index (χ4n) is 2.66. The maximum atomic E-state index is 12.3. The lowest BCUT2D eigenvalue weighted by atomic mass is 10.2. The number of hydrogen-bond donors (Lipinski definition) is 1. The minimum atomic E-state index is -0.667. The lowest BCUT2D eigenvalue weighted by molar-refractivity contribution is -0.127. The molecule has 3 rings (SSSR count). The summed E-state index contributed by atoms with van der Waals surface area (Å²) in [5, 5.41) is 6.70. The molecule has 1 aromatic heterocycles. The average molecular weight is 397 g/mol. The summed E-state index contributed by atoms with van der Waals surface area (Å²) in [5.41, 5.74) is 1.62. The van der Waals surface area contributed by atoms with Gasteiger partial charge in [0.15, 0.2) is 6.10 Å². The van der Waals surface area contributed by atoms with Crippen LogP contribution in [0, 0.1) is 6.92 Å².